The topological polar surface area (TPSA) is 89.1 Å². The fourth-order valence-electron chi connectivity index (χ4n) is 2.91. The number of hydrogen-bond acceptors (Lipinski definition) is 5. The van der Waals surface area contributed by atoms with Gasteiger partial charge in [0.25, 0.3) is 0 Å². The maximum atomic E-state index is 12.6. The summed E-state index contributed by atoms with van der Waals surface area (Å²) < 4.78 is 3.47. The number of amides is 1. The van der Waals surface area contributed by atoms with E-state index in [1.165, 1.54) is 0 Å². The lowest BCUT2D eigenvalue weighted by atomic mass is 10.2. The van der Waals surface area contributed by atoms with Gasteiger partial charge in [0.1, 0.15) is 12.1 Å². The second kappa shape index (κ2) is 5.47. The summed E-state index contributed by atoms with van der Waals surface area (Å²) in [6.07, 6.45) is 1.66. The number of aliphatic hydroxyl groups excluding tert-OH is 1. The number of para-hydroxylation sites is 1. The molecule has 3 heterocycles. The second-order valence-corrected chi connectivity index (χ2v) is 5.55. The van der Waals surface area contributed by atoms with Gasteiger partial charge in [0.15, 0.2) is 0 Å². The molecule has 0 saturated carbocycles. The Morgan fingerprint density at radius 2 is 2.13 bits per heavy atom. The molecule has 118 valence electrons. The van der Waals surface area contributed by atoms with Crippen molar-refractivity contribution >= 4 is 16.9 Å². The van der Waals surface area contributed by atoms with E-state index in [1.807, 2.05) is 28.9 Å². The Hall–Kier alpha value is -2.74. The van der Waals surface area contributed by atoms with E-state index in [9.17, 15) is 9.90 Å². The molecule has 0 fully saturated rings. The van der Waals surface area contributed by atoms with Gasteiger partial charge >= 0.3 is 0 Å². The van der Waals surface area contributed by atoms with Crippen LogP contribution in [0, 0.1) is 0 Å². The number of hydrogen-bond donors (Lipinski definition) is 1. The van der Waals surface area contributed by atoms with E-state index in [4.69, 9.17) is 0 Å². The van der Waals surface area contributed by atoms with Crippen LogP contribution in [0.25, 0.3) is 11.0 Å². The zero-order valence-corrected chi connectivity index (χ0v) is 12.5. The van der Waals surface area contributed by atoms with Gasteiger partial charge in [-0.25, -0.2) is 4.68 Å². The third-order valence-corrected chi connectivity index (χ3v) is 4.19. The minimum Gasteiger partial charge on any atom is -0.392 e. The van der Waals surface area contributed by atoms with Crippen LogP contribution in [0.2, 0.25) is 0 Å². The van der Waals surface area contributed by atoms with Crippen LogP contribution in [-0.4, -0.2) is 47.2 Å². The number of carbonyl (C=O) groups excluding carboxylic acids is 1. The highest BCUT2D eigenvalue weighted by molar-refractivity contribution is 5.79. The van der Waals surface area contributed by atoms with Gasteiger partial charge in [-0.05, 0) is 12.1 Å². The van der Waals surface area contributed by atoms with Crippen molar-refractivity contribution in [3.05, 3.63) is 41.7 Å². The Kier molecular flexibility index (Phi) is 3.30. The first kappa shape index (κ1) is 13.9. The fraction of sp³-hybridized carbons (Fsp3) is 0.333. The van der Waals surface area contributed by atoms with Crippen molar-refractivity contribution in [2.24, 2.45) is 0 Å². The van der Waals surface area contributed by atoms with Gasteiger partial charge in [-0.1, -0.05) is 17.3 Å². The first-order valence-electron chi connectivity index (χ1n) is 7.46. The molecule has 2 aromatic heterocycles. The predicted octanol–water partition coefficient (Wildman–Crippen LogP) is 0.162. The highest BCUT2D eigenvalue weighted by Crippen LogP contribution is 2.17. The Balaban J connectivity index is 1.54. The molecule has 8 nitrogen and oxygen atoms in total. The largest absolute Gasteiger partial charge is 0.392 e. The molecule has 3 aromatic rings. The van der Waals surface area contributed by atoms with Crippen molar-refractivity contribution < 1.29 is 9.90 Å². The number of carbonyl (C=O) groups is 1. The molecular weight excluding hydrogens is 296 g/mol. The first-order chi connectivity index (χ1) is 11.3. The molecule has 0 aliphatic carbocycles. The van der Waals surface area contributed by atoms with Gasteiger partial charge in [0.05, 0.1) is 37.1 Å². The van der Waals surface area contributed by atoms with Crippen LogP contribution in [0.15, 0.2) is 30.5 Å². The molecule has 0 unspecified atom stereocenters. The maximum absolute atomic E-state index is 12.6. The average molecular weight is 312 g/mol. The van der Waals surface area contributed by atoms with Crippen molar-refractivity contribution in [1.82, 2.24) is 29.7 Å². The fourth-order valence-corrected chi connectivity index (χ4v) is 2.91. The van der Waals surface area contributed by atoms with Gasteiger partial charge in [-0.3, -0.25) is 9.48 Å². The minimum absolute atomic E-state index is 0.0167. The lowest BCUT2D eigenvalue weighted by molar-refractivity contribution is -0.133. The van der Waals surface area contributed by atoms with Crippen LogP contribution < -0.4 is 0 Å². The normalized spacial score (nSPS) is 14.2. The predicted molar refractivity (Wildman–Crippen MR) is 81.1 cm³/mol. The van der Waals surface area contributed by atoms with Crippen molar-refractivity contribution in [3.8, 4) is 0 Å². The van der Waals surface area contributed by atoms with Crippen LogP contribution in [0.5, 0.6) is 0 Å². The monoisotopic (exact) mass is 312 g/mol. The number of aliphatic hydroxyl groups is 1. The number of nitrogens with zero attached hydrogens (tertiary/aromatic N) is 6. The van der Waals surface area contributed by atoms with Gasteiger partial charge in [0, 0.05) is 12.1 Å². The molecule has 23 heavy (non-hydrogen) atoms. The summed E-state index contributed by atoms with van der Waals surface area (Å²) in [6, 6.07) is 7.57. The molecule has 0 radical (unpaired) electrons. The standard InChI is InChI=1S/C15H16N6O2/c22-10-11-7-16-20-6-5-19(8-14(11)20)15(23)9-21-13-4-2-1-3-12(13)17-18-21/h1-4,7,22H,5-6,8-10H2. The third-order valence-electron chi connectivity index (χ3n) is 4.19. The van der Waals surface area contributed by atoms with E-state index < -0.39 is 0 Å². The molecule has 1 aromatic carbocycles. The van der Waals surface area contributed by atoms with Crippen molar-refractivity contribution in [2.45, 2.75) is 26.2 Å². The lowest BCUT2D eigenvalue weighted by Gasteiger charge is -2.28. The quantitative estimate of drug-likeness (QED) is 0.744. The smallest absolute Gasteiger partial charge is 0.244 e. The molecule has 0 spiro atoms. The van der Waals surface area contributed by atoms with E-state index in [-0.39, 0.29) is 19.1 Å². The van der Waals surface area contributed by atoms with Gasteiger partial charge in [-0.2, -0.15) is 5.10 Å². The van der Waals surface area contributed by atoms with E-state index in [2.05, 4.69) is 15.4 Å². The zero-order chi connectivity index (χ0) is 15.8. The molecule has 1 N–H and O–H groups in total. The average Bonchev–Trinajstić information content (AvgIpc) is 3.18. The van der Waals surface area contributed by atoms with Gasteiger partial charge in [-0.15, -0.1) is 5.10 Å². The van der Waals surface area contributed by atoms with Crippen molar-refractivity contribution in [3.63, 3.8) is 0 Å². The van der Waals surface area contributed by atoms with Gasteiger partial charge < -0.3 is 10.0 Å². The summed E-state index contributed by atoms with van der Waals surface area (Å²) in [5.74, 6) is -0.0167. The summed E-state index contributed by atoms with van der Waals surface area (Å²) in [5, 5.41) is 21.7. The van der Waals surface area contributed by atoms with Crippen LogP contribution in [0.1, 0.15) is 11.3 Å². The zero-order valence-electron chi connectivity index (χ0n) is 12.5. The summed E-state index contributed by atoms with van der Waals surface area (Å²) in [7, 11) is 0. The highest BCUT2D eigenvalue weighted by Gasteiger charge is 2.24. The van der Waals surface area contributed by atoms with Crippen molar-refractivity contribution in [2.75, 3.05) is 6.54 Å². The summed E-state index contributed by atoms with van der Waals surface area (Å²) >= 11 is 0. The summed E-state index contributed by atoms with van der Waals surface area (Å²) in [6.45, 7) is 1.79. The van der Waals surface area contributed by atoms with E-state index >= 15 is 0 Å². The molecule has 1 aliphatic heterocycles. The SMILES string of the molecule is O=C(Cn1nnc2ccccc21)N1CCn2ncc(CO)c2C1. The Morgan fingerprint density at radius 3 is 3.00 bits per heavy atom. The first-order valence-corrected chi connectivity index (χ1v) is 7.46. The Labute approximate surface area is 131 Å². The highest BCUT2D eigenvalue weighted by atomic mass is 16.3. The van der Waals surface area contributed by atoms with Crippen molar-refractivity contribution in [1.29, 1.82) is 0 Å². The molecule has 1 amide bonds. The molecule has 8 heteroatoms. The van der Waals surface area contributed by atoms with Crippen LogP contribution >= 0.6 is 0 Å². The Morgan fingerprint density at radius 1 is 1.26 bits per heavy atom. The molecule has 4 rings (SSSR count). The molecule has 1 aliphatic rings. The summed E-state index contributed by atoms with van der Waals surface area (Å²) in [4.78, 5) is 14.4. The Bertz CT molecular complexity index is 854. The van der Waals surface area contributed by atoms with E-state index in [0.29, 0.717) is 19.6 Å². The number of benzene rings is 1. The minimum atomic E-state index is -0.0644. The van der Waals surface area contributed by atoms with E-state index in [0.717, 1.165) is 22.3 Å². The number of rotatable bonds is 3. The molecule has 0 saturated heterocycles. The summed E-state index contributed by atoms with van der Waals surface area (Å²) in [5.41, 5.74) is 3.29. The number of fused-ring (bicyclic) bond motifs is 2. The van der Waals surface area contributed by atoms with E-state index in [1.54, 1.807) is 15.8 Å². The second-order valence-electron chi connectivity index (χ2n) is 5.55. The van der Waals surface area contributed by atoms with Crippen LogP contribution in [0.4, 0.5) is 0 Å². The lowest BCUT2D eigenvalue weighted by Crippen LogP contribution is -2.40. The van der Waals surface area contributed by atoms with Crippen LogP contribution in [0.3, 0.4) is 0 Å². The molecule has 0 bridgehead atoms. The number of aromatic nitrogens is 5. The molecule has 0 atom stereocenters. The maximum Gasteiger partial charge on any atom is 0.244 e. The van der Waals surface area contributed by atoms with Crippen LogP contribution in [-0.2, 0) is 31.0 Å². The van der Waals surface area contributed by atoms with Gasteiger partial charge in [0.2, 0.25) is 5.91 Å². The third kappa shape index (κ3) is 2.36. The molecular formula is C15H16N6O2.